The lowest BCUT2D eigenvalue weighted by Crippen LogP contribution is -1.83. The minimum atomic E-state index is 0.888. The van der Waals surface area contributed by atoms with Crippen molar-refractivity contribution >= 4 is 49.5 Å². The highest BCUT2D eigenvalue weighted by molar-refractivity contribution is 6.22. The zero-order valence-corrected chi connectivity index (χ0v) is 12.2. The third-order valence-corrected chi connectivity index (χ3v) is 4.72. The van der Waals surface area contributed by atoms with E-state index in [1.807, 2.05) is 24.3 Å². The van der Waals surface area contributed by atoms with Gasteiger partial charge in [-0.15, -0.1) is 0 Å². The van der Waals surface area contributed by atoms with Crippen molar-refractivity contribution in [3.63, 3.8) is 0 Å². The van der Waals surface area contributed by atoms with E-state index < -0.39 is 0 Å². The van der Waals surface area contributed by atoms with Crippen LogP contribution in [0.25, 0.3) is 49.5 Å². The van der Waals surface area contributed by atoms with Gasteiger partial charge in [0.1, 0.15) is 5.58 Å². The van der Waals surface area contributed by atoms with Crippen molar-refractivity contribution in [3.8, 4) is 0 Å². The minimum Gasteiger partial charge on any atom is -0.454 e. The average Bonchev–Trinajstić information content (AvgIpc) is 3.05. The third-order valence-electron chi connectivity index (χ3n) is 4.72. The Morgan fingerprint density at radius 3 is 2.48 bits per heavy atom. The summed E-state index contributed by atoms with van der Waals surface area (Å²) in [5.41, 5.74) is 7.55. The predicted molar refractivity (Wildman–Crippen MR) is 94.0 cm³/mol. The molecule has 0 aliphatic rings. The molecule has 0 radical (unpaired) electrons. The summed E-state index contributed by atoms with van der Waals surface area (Å²) in [4.78, 5) is 3.58. The molecule has 3 aromatic carbocycles. The van der Waals surface area contributed by atoms with E-state index >= 15 is 0 Å². The molecule has 6 aromatic rings. The second-order valence-corrected chi connectivity index (χ2v) is 5.95. The molecule has 3 aromatic heterocycles. The quantitative estimate of drug-likeness (QED) is 0.396. The monoisotopic (exact) mass is 296 g/mol. The highest BCUT2D eigenvalue weighted by Gasteiger charge is 2.18. The van der Waals surface area contributed by atoms with Crippen LogP contribution in [0.5, 0.6) is 0 Å². The fourth-order valence-electron chi connectivity index (χ4n) is 3.80. The van der Waals surface area contributed by atoms with Crippen LogP contribution in [-0.4, -0.2) is 9.38 Å². The van der Waals surface area contributed by atoms with Crippen LogP contribution in [-0.2, 0) is 0 Å². The Labute approximate surface area is 130 Å². The van der Waals surface area contributed by atoms with E-state index in [-0.39, 0.29) is 0 Å². The molecule has 6 rings (SSSR count). The zero-order chi connectivity index (χ0) is 15.0. The number of nitrogens with zero attached hydrogens (tertiary/aromatic N) is 1. The van der Waals surface area contributed by atoms with Gasteiger partial charge in [-0.05, 0) is 30.3 Å². The molecule has 0 saturated carbocycles. The highest BCUT2D eigenvalue weighted by Crippen LogP contribution is 2.38. The molecule has 0 unspecified atom stereocenters. The normalized spacial score (nSPS) is 12.3. The molecule has 0 fully saturated rings. The number of aromatic nitrogens is 2. The van der Waals surface area contributed by atoms with E-state index in [0.29, 0.717) is 0 Å². The summed E-state index contributed by atoms with van der Waals surface area (Å²) in [6.45, 7) is 0. The van der Waals surface area contributed by atoms with Gasteiger partial charge < -0.3 is 13.8 Å². The summed E-state index contributed by atoms with van der Waals surface area (Å²) >= 11 is 0. The molecule has 3 nitrogen and oxygen atoms in total. The highest BCUT2D eigenvalue weighted by atomic mass is 16.3. The average molecular weight is 296 g/mol. The molecule has 23 heavy (non-hydrogen) atoms. The van der Waals surface area contributed by atoms with E-state index in [9.17, 15) is 0 Å². The van der Waals surface area contributed by atoms with Crippen LogP contribution in [0.3, 0.4) is 0 Å². The van der Waals surface area contributed by atoms with Gasteiger partial charge in [-0.1, -0.05) is 36.4 Å². The van der Waals surface area contributed by atoms with Crippen molar-refractivity contribution < 1.29 is 4.42 Å². The van der Waals surface area contributed by atoms with E-state index in [0.717, 1.165) is 27.6 Å². The topological polar surface area (TPSA) is 33.3 Å². The van der Waals surface area contributed by atoms with E-state index in [1.54, 1.807) is 0 Å². The molecule has 0 aliphatic carbocycles. The lowest BCUT2D eigenvalue weighted by molar-refractivity contribution is 0.663. The van der Waals surface area contributed by atoms with Crippen LogP contribution in [0.1, 0.15) is 0 Å². The van der Waals surface area contributed by atoms with E-state index in [4.69, 9.17) is 4.42 Å². The van der Waals surface area contributed by atoms with Crippen LogP contribution in [0, 0.1) is 0 Å². The number of nitrogens with one attached hydrogen (secondary N) is 1. The van der Waals surface area contributed by atoms with Crippen molar-refractivity contribution in [1.82, 2.24) is 9.38 Å². The van der Waals surface area contributed by atoms with Gasteiger partial charge in [0.05, 0.1) is 33.0 Å². The maximum atomic E-state index is 6.25. The van der Waals surface area contributed by atoms with Crippen LogP contribution < -0.4 is 0 Å². The fourth-order valence-corrected chi connectivity index (χ4v) is 3.80. The first-order valence-corrected chi connectivity index (χ1v) is 7.73. The molecule has 3 heterocycles. The maximum Gasteiger partial charge on any atom is 0.151 e. The number of H-pyrrole nitrogens is 1. The van der Waals surface area contributed by atoms with Gasteiger partial charge >= 0.3 is 0 Å². The Balaban J connectivity index is 2.17. The first-order valence-electron chi connectivity index (χ1n) is 7.73. The Morgan fingerprint density at radius 1 is 0.739 bits per heavy atom. The largest absolute Gasteiger partial charge is 0.454 e. The lowest BCUT2D eigenvalue weighted by Gasteiger charge is -1.98. The van der Waals surface area contributed by atoms with Gasteiger partial charge in [-0.2, -0.15) is 0 Å². The Kier molecular flexibility index (Phi) is 1.86. The van der Waals surface area contributed by atoms with Gasteiger partial charge in [-0.3, -0.25) is 0 Å². The molecule has 0 atom stereocenters. The van der Waals surface area contributed by atoms with Gasteiger partial charge in [0.2, 0.25) is 0 Å². The number of hydrogen-bond acceptors (Lipinski definition) is 1. The smallest absolute Gasteiger partial charge is 0.151 e. The SMILES string of the molecule is c1cc2[nH]c3c4ccccc4n4c5ccccc5oc(c1)c2c34. The van der Waals surface area contributed by atoms with Gasteiger partial charge in [0, 0.05) is 5.39 Å². The molecule has 1 N–H and O–H groups in total. The standard InChI is InChI=1S/C20H12N2O/c1-2-8-14-12(6-1)19-20-18-13(21-19)7-5-11-17(18)23-16-10-4-3-9-15(16)22(14)20/h1-11,21H. The summed E-state index contributed by atoms with van der Waals surface area (Å²) in [6.07, 6.45) is 0. The molecule has 0 amide bonds. The van der Waals surface area contributed by atoms with Crippen molar-refractivity contribution in [3.05, 3.63) is 66.7 Å². The van der Waals surface area contributed by atoms with Gasteiger partial charge in [0.15, 0.2) is 5.58 Å². The molecule has 3 heteroatoms. The third kappa shape index (κ3) is 1.26. The zero-order valence-electron chi connectivity index (χ0n) is 12.2. The summed E-state index contributed by atoms with van der Waals surface area (Å²) in [7, 11) is 0. The van der Waals surface area contributed by atoms with Gasteiger partial charge in [-0.25, -0.2) is 0 Å². The second kappa shape index (κ2) is 3.76. The fraction of sp³-hybridized carbons (Fsp3) is 0. The number of rotatable bonds is 0. The first-order chi connectivity index (χ1) is 11.4. The number of hydrogen-bond donors (Lipinski definition) is 1. The van der Waals surface area contributed by atoms with E-state index in [1.165, 1.54) is 21.9 Å². The van der Waals surface area contributed by atoms with E-state index in [2.05, 4.69) is 51.8 Å². The van der Waals surface area contributed by atoms with Crippen molar-refractivity contribution in [2.75, 3.05) is 0 Å². The molecule has 0 aliphatic heterocycles. The van der Waals surface area contributed by atoms with Crippen molar-refractivity contribution in [2.24, 2.45) is 0 Å². The first kappa shape index (κ1) is 11.4. The molecule has 108 valence electrons. The van der Waals surface area contributed by atoms with Crippen LogP contribution in [0.2, 0.25) is 0 Å². The van der Waals surface area contributed by atoms with Crippen LogP contribution in [0.15, 0.2) is 71.1 Å². The Morgan fingerprint density at radius 2 is 1.52 bits per heavy atom. The molecule has 0 saturated heterocycles. The summed E-state index contributed by atoms with van der Waals surface area (Å²) in [6, 6.07) is 22.9. The van der Waals surface area contributed by atoms with Gasteiger partial charge in [0.25, 0.3) is 0 Å². The summed E-state index contributed by atoms with van der Waals surface area (Å²) in [5.74, 6) is 0. The van der Waals surface area contributed by atoms with Crippen molar-refractivity contribution in [2.45, 2.75) is 0 Å². The Bertz CT molecular complexity index is 1360. The van der Waals surface area contributed by atoms with Crippen molar-refractivity contribution in [1.29, 1.82) is 0 Å². The Hall–Kier alpha value is -3.20. The second-order valence-electron chi connectivity index (χ2n) is 5.95. The number of benzene rings is 3. The molecular weight excluding hydrogens is 284 g/mol. The summed E-state index contributed by atoms with van der Waals surface area (Å²) < 4.78 is 8.56. The van der Waals surface area contributed by atoms with Crippen LogP contribution >= 0.6 is 0 Å². The maximum absolute atomic E-state index is 6.25. The van der Waals surface area contributed by atoms with Crippen LogP contribution in [0.4, 0.5) is 0 Å². The summed E-state index contributed by atoms with van der Waals surface area (Å²) in [5, 5.41) is 2.39. The number of aromatic amines is 1. The lowest BCUT2D eigenvalue weighted by atomic mass is 10.2. The minimum absolute atomic E-state index is 0.888. The molecule has 0 spiro atoms. The predicted octanol–water partition coefficient (Wildman–Crippen LogP) is 5.47. The molecular formula is C20H12N2O. The number of fused-ring (bicyclic) bond motifs is 5. The number of para-hydroxylation sites is 3. The molecule has 0 bridgehead atoms.